The molecular weight excluding hydrogens is 349 g/mol. The number of piperidine rings is 1. The lowest BCUT2D eigenvalue weighted by atomic mass is 10.0. The average Bonchev–Trinajstić information content (AvgIpc) is 2.39. The highest BCUT2D eigenvalue weighted by Gasteiger charge is 2.32. The number of benzene rings is 1. The van der Waals surface area contributed by atoms with Gasteiger partial charge in [0.1, 0.15) is 10.7 Å². The van der Waals surface area contributed by atoms with Gasteiger partial charge in [0.05, 0.1) is 6.61 Å². The molecular formula is C13H17BrFNO3S. The van der Waals surface area contributed by atoms with Crippen molar-refractivity contribution < 1.29 is 17.5 Å². The summed E-state index contributed by atoms with van der Waals surface area (Å²) in [6.07, 6.45) is 1.70. The zero-order valence-electron chi connectivity index (χ0n) is 11.2. The largest absolute Gasteiger partial charge is 0.384 e. The molecule has 2 rings (SSSR count). The molecule has 1 unspecified atom stereocenters. The van der Waals surface area contributed by atoms with Crippen LogP contribution in [0.5, 0.6) is 0 Å². The van der Waals surface area contributed by atoms with Crippen LogP contribution in [0, 0.1) is 11.7 Å². The fourth-order valence-corrected chi connectivity index (χ4v) is 4.37. The molecule has 0 radical (unpaired) electrons. The number of nitrogens with zero attached hydrogens (tertiary/aromatic N) is 1. The molecule has 1 aliphatic rings. The van der Waals surface area contributed by atoms with Crippen molar-refractivity contribution in [2.24, 2.45) is 5.92 Å². The first kappa shape index (κ1) is 15.9. The molecule has 0 N–H and O–H groups in total. The van der Waals surface area contributed by atoms with Crippen LogP contribution in [-0.4, -0.2) is 39.5 Å². The first-order chi connectivity index (χ1) is 9.45. The summed E-state index contributed by atoms with van der Waals surface area (Å²) < 4.78 is 45.8. The van der Waals surface area contributed by atoms with Crippen LogP contribution in [0.25, 0.3) is 0 Å². The van der Waals surface area contributed by atoms with Gasteiger partial charge in [0, 0.05) is 24.7 Å². The Hall–Kier alpha value is -0.500. The Balaban J connectivity index is 2.25. The van der Waals surface area contributed by atoms with Gasteiger partial charge in [-0.1, -0.05) is 15.9 Å². The number of halogens is 2. The summed E-state index contributed by atoms with van der Waals surface area (Å²) in [5.41, 5.74) is 0. The molecule has 7 heteroatoms. The van der Waals surface area contributed by atoms with Crippen LogP contribution in [0.2, 0.25) is 0 Å². The molecule has 0 aliphatic carbocycles. The third-order valence-electron chi connectivity index (χ3n) is 3.40. The van der Waals surface area contributed by atoms with E-state index >= 15 is 0 Å². The monoisotopic (exact) mass is 365 g/mol. The Morgan fingerprint density at radius 2 is 2.25 bits per heavy atom. The van der Waals surface area contributed by atoms with E-state index in [2.05, 4.69) is 15.9 Å². The van der Waals surface area contributed by atoms with Crippen LogP contribution >= 0.6 is 15.9 Å². The molecule has 0 aromatic heterocycles. The van der Waals surface area contributed by atoms with Gasteiger partial charge in [-0.05, 0) is 37.0 Å². The summed E-state index contributed by atoms with van der Waals surface area (Å²) in [5, 5.41) is 0. The Morgan fingerprint density at radius 1 is 1.50 bits per heavy atom. The van der Waals surface area contributed by atoms with Gasteiger partial charge in [0.2, 0.25) is 10.0 Å². The quantitative estimate of drug-likeness (QED) is 0.823. The van der Waals surface area contributed by atoms with Gasteiger partial charge < -0.3 is 4.74 Å². The van der Waals surface area contributed by atoms with Crippen molar-refractivity contribution >= 4 is 26.0 Å². The standard InChI is InChI=1S/C13H17BrFNO3S/c1-19-9-10-3-2-6-16(8-10)20(17,18)13-5-4-11(14)7-12(13)15/h4-5,7,10H,2-3,6,8-9H2,1H3. The Kier molecular flexibility index (Phi) is 5.17. The Labute approximate surface area is 127 Å². The second kappa shape index (κ2) is 6.51. The van der Waals surface area contributed by atoms with Gasteiger partial charge >= 0.3 is 0 Å². The van der Waals surface area contributed by atoms with Crippen LogP contribution in [0.15, 0.2) is 27.6 Å². The lowest BCUT2D eigenvalue weighted by molar-refractivity contribution is 0.118. The van der Waals surface area contributed by atoms with E-state index in [1.807, 2.05) is 0 Å². The van der Waals surface area contributed by atoms with Crippen LogP contribution in [-0.2, 0) is 14.8 Å². The van der Waals surface area contributed by atoms with E-state index < -0.39 is 15.8 Å². The molecule has 1 fully saturated rings. The van der Waals surface area contributed by atoms with E-state index in [0.29, 0.717) is 24.2 Å². The van der Waals surface area contributed by atoms with Crippen molar-refractivity contribution in [3.05, 3.63) is 28.5 Å². The molecule has 1 atom stereocenters. The van der Waals surface area contributed by atoms with Crippen molar-refractivity contribution in [2.45, 2.75) is 17.7 Å². The molecule has 0 saturated carbocycles. The fraction of sp³-hybridized carbons (Fsp3) is 0.538. The molecule has 112 valence electrons. The van der Waals surface area contributed by atoms with Crippen molar-refractivity contribution in [1.82, 2.24) is 4.31 Å². The normalized spacial score (nSPS) is 21.1. The molecule has 0 spiro atoms. The highest BCUT2D eigenvalue weighted by atomic mass is 79.9. The average molecular weight is 366 g/mol. The predicted octanol–water partition coefficient (Wildman–Crippen LogP) is 2.64. The maximum Gasteiger partial charge on any atom is 0.245 e. The lowest BCUT2D eigenvalue weighted by Crippen LogP contribution is -2.41. The van der Waals surface area contributed by atoms with Gasteiger partial charge in [0.25, 0.3) is 0 Å². The minimum Gasteiger partial charge on any atom is -0.384 e. The summed E-state index contributed by atoms with van der Waals surface area (Å²) in [7, 11) is -2.18. The smallest absolute Gasteiger partial charge is 0.245 e. The zero-order valence-corrected chi connectivity index (χ0v) is 13.6. The minimum atomic E-state index is -3.78. The molecule has 4 nitrogen and oxygen atoms in total. The fourth-order valence-electron chi connectivity index (χ4n) is 2.44. The van der Waals surface area contributed by atoms with Crippen molar-refractivity contribution in [3.63, 3.8) is 0 Å². The van der Waals surface area contributed by atoms with Crippen LogP contribution in [0.4, 0.5) is 4.39 Å². The maximum absolute atomic E-state index is 13.9. The molecule has 0 amide bonds. The molecule has 1 aromatic carbocycles. The summed E-state index contributed by atoms with van der Waals surface area (Å²) in [6, 6.07) is 4.00. The minimum absolute atomic E-state index is 0.169. The van der Waals surface area contributed by atoms with Gasteiger partial charge in [-0.3, -0.25) is 0 Å². The van der Waals surface area contributed by atoms with Gasteiger partial charge in [0.15, 0.2) is 0 Å². The highest BCUT2D eigenvalue weighted by Crippen LogP contribution is 2.26. The van der Waals surface area contributed by atoms with Crippen LogP contribution in [0.3, 0.4) is 0 Å². The number of hydrogen-bond acceptors (Lipinski definition) is 3. The van der Waals surface area contributed by atoms with Crippen molar-refractivity contribution in [1.29, 1.82) is 0 Å². The Morgan fingerprint density at radius 3 is 2.90 bits per heavy atom. The van der Waals surface area contributed by atoms with Gasteiger partial charge in [-0.25, -0.2) is 12.8 Å². The van der Waals surface area contributed by atoms with Crippen molar-refractivity contribution in [3.8, 4) is 0 Å². The molecule has 1 saturated heterocycles. The third-order valence-corrected chi connectivity index (χ3v) is 5.79. The molecule has 1 aliphatic heterocycles. The number of methoxy groups -OCH3 is 1. The number of ether oxygens (including phenoxy) is 1. The van der Waals surface area contributed by atoms with E-state index in [-0.39, 0.29) is 10.8 Å². The van der Waals surface area contributed by atoms with E-state index in [1.165, 1.54) is 22.5 Å². The molecule has 1 aromatic rings. The summed E-state index contributed by atoms with van der Waals surface area (Å²) in [6.45, 7) is 1.33. The van der Waals surface area contributed by atoms with E-state index in [0.717, 1.165) is 12.8 Å². The van der Waals surface area contributed by atoms with E-state index in [9.17, 15) is 12.8 Å². The van der Waals surface area contributed by atoms with Gasteiger partial charge in [-0.2, -0.15) is 4.31 Å². The van der Waals surface area contributed by atoms with Crippen LogP contribution in [0.1, 0.15) is 12.8 Å². The van der Waals surface area contributed by atoms with E-state index in [4.69, 9.17) is 4.74 Å². The highest BCUT2D eigenvalue weighted by molar-refractivity contribution is 9.10. The topological polar surface area (TPSA) is 46.6 Å². The number of rotatable bonds is 4. The van der Waals surface area contributed by atoms with Crippen molar-refractivity contribution in [2.75, 3.05) is 26.8 Å². The first-order valence-electron chi connectivity index (χ1n) is 6.39. The molecule has 1 heterocycles. The van der Waals surface area contributed by atoms with Gasteiger partial charge in [-0.15, -0.1) is 0 Å². The third kappa shape index (κ3) is 3.39. The van der Waals surface area contributed by atoms with E-state index in [1.54, 1.807) is 7.11 Å². The first-order valence-corrected chi connectivity index (χ1v) is 8.62. The Bertz CT molecular complexity index is 577. The number of hydrogen-bond donors (Lipinski definition) is 0. The SMILES string of the molecule is COCC1CCCN(S(=O)(=O)c2ccc(Br)cc2F)C1. The second-order valence-corrected chi connectivity index (χ2v) is 7.72. The van der Waals surface area contributed by atoms with Crippen LogP contribution < -0.4 is 0 Å². The lowest BCUT2D eigenvalue weighted by Gasteiger charge is -2.31. The zero-order chi connectivity index (χ0) is 14.8. The second-order valence-electron chi connectivity index (χ2n) is 4.90. The maximum atomic E-state index is 13.9. The summed E-state index contributed by atoms with van der Waals surface area (Å²) >= 11 is 3.12. The number of sulfonamides is 1. The predicted molar refractivity (Wildman–Crippen MR) is 77.5 cm³/mol. The summed E-state index contributed by atoms with van der Waals surface area (Å²) in [4.78, 5) is -0.265. The molecule has 0 bridgehead atoms. The summed E-state index contributed by atoms with van der Waals surface area (Å²) in [5.74, 6) is -0.560. The molecule has 20 heavy (non-hydrogen) atoms.